The van der Waals surface area contributed by atoms with Gasteiger partial charge >= 0.3 is 0 Å². The SMILES string of the molecule is [2H]c1c([2H])c([2H])c(-c2c([N+]#[C-])ccc3c2oc2c(-c4cc(CC5CCCC5)cc(C)[n+]4C)c(C)ccc23)c([2H])c1[2H]. The molecule has 2 aromatic heterocycles. The Morgan fingerprint density at radius 3 is 2.39 bits per heavy atom. The molecule has 0 aliphatic heterocycles. The van der Waals surface area contributed by atoms with Crippen molar-refractivity contribution in [3.05, 3.63) is 94.8 Å². The fourth-order valence-corrected chi connectivity index (χ4v) is 5.79. The molecule has 3 heteroatoms. The van der Waals surface area contributed by atoms with Gasteiger partial charge < -0.3 is 4.42 Å². The van der Waals surface area contributed by atoms with E-state index in [4.69, 9.17) is 17.8 Å². The molecular weight excluding hydrogens is 440 g/mol. The summed E-state index contributed by atoms with van der Waals surface area (Å²) >= 11 is 0. The van der Waals surface area contributed by atoms with E-state index in [-0.39, 0.29) is 28.9 Å². The lowest BCUT2D eigenvalue weighted by Gasteiger charge is -2.12. The van der Waals surface area contributed by atoms with Crippen LogP contribution in [0.3, 0.4) is 0 Å². The van der Waals surface area contributed by atoms with Crippen LogP contribution in [0, 0.1) is 26.3 Å². The maximum Gasteiger partial charge on any atom is 0.216 e. The molecule has 0 N–H and O–H groups in total. The highest BCUT2D eigenvalue weighted by molar-refractivity contribution is 6.15. The quantitative estimate of drug-likeness (QED) is 0.188. The molecule has 1 saturated carbocycles. The van der Waals surface area contributed by atoms with Crippen LogP contribution < -0.4 is 4.57 Å². The third kappa shape index (κ3) is 3.69. The molecule has 0 spiro atoms. The van der Waals surface area contributed by atoms with E-state index in [0.29, 0.717) is 17.1 Å². The maximum atomic E-state index is 8.61. The Morgan fingerprint density at radius 1 is 0.972 bits per heavy atom. The Morgan fingerprint density at radius 2 is 1.67 bits per heavy atom. The van der Waals surface area contributed by atoms with Crippen LogP contribution in [0.15, 0.2) is 71.0 Å². The highest BCUT2D eigenvalue weighted by Gasteiger charge is 2.25. The molecule has 0 radical (unpaired) electrons. The zero-order chi connectivity index (χ0) is 29.2. The molecule has 5 aromatic rings. The van der Waals surface area contributed by atoms with Crippen LogP contribution in [0.2, 0.25) is 0 Å². The van der Waals surface area contributed by atoms with Crippen LogP contribution >= 0.6 is 0 Å². The summed E-state index contributed by atoms with van der Waals surface area (Å²) in [4.78, 5) is 3.67. The predicted molar refractivity (Wildman–Crippen MR) is 147 cm³/mol. The largest absolute Gasteiger partial charge is 0.456 e. The number of fused-ring (bicyclic) bond motifs is 3. The zero-order valence-electron chi connectivity index (χ0n) is 25.9. The van der Waals surface area contributed by atoms with Gasteiger partial charge in [-0.25, -0.2) is 4.85 Å². The third-order valence-corrected chi connectivity index (χ3v) is 7.73. The first-order valence-corrected chi connectivity index (χ1v) is 12.6. The van der Waals surface area contributed by atoms with E-state index in [0.717, 1.165) is 39.7 Å². The molecule has 0 atom stereocenters. The maximum absolute atomic E-state index is 8.61. The van der Waals surface area contributed by atoms with Gasteiger partial charge in [-0.05, 0) is 36.0 Å². The number of hydrogen-bond acceptors (Lipinski definition) is 1. The number of aromatic nitrogens is 1. The standard InChI is InChI=1S/C33H31N2O/c1-21-14-15-26-27-16-17-28(34-3)31(25-12-6-5-7-13-25)33(27)36-32(26)30(21)29-20-24(18-22(2)35(29)4)19-23-10-8-9-11-23/h5-7,12-18,20,23H,8-11,19H2,1-2,4H3/q+1/i5D,6D,7D,12D,13D. The molecule has 1 fully saturated rings. The Hall–Kier alpha value is -3.90. The van der Waals surface area contributed by atoms with E-state index in [1.807, 2.05) is 12.1 Å². The fourth-order valence-electron chi connectivity index (χ4n) is 5.79. The van der Waals surface area contributed by atoms with E-state index in [1.54, 1.807) is 6.07 Å². The monoisotopic (exact) mass is 476 g/mol. The number of rotatable bonds is 4. The first-order chi connectivity index (χ1) is 19.6. The van der Waals surface area contributed by atoms with Gasteiger partial charge in [-0.15, -0.1) is 0 Å². The Bertz CT molecular complexity index is 1900. The second-order valence-corrected chi connectivity index (χ2v) is 9.99. The van der Waals surface area contributed by atoms with Crippen molar-refractivity contribution in [2.45, 2.75) is 46.0 Å². The molecule has 6 rings (SSSR count). The topological polar surface area (TPSA) is 21.4 Å². The number of hydrogen-bond donors (Lipinski definition) is 0. The predicted octanol–water partition coefficient (Wildman–Crippen LogP) is 8.64. The van der Waals surface area contributed by atoms with E-state index in [2.05, 4.69) is 48.5 Å². The lowest BCUT2D eigenvalue weighted by atomic mass is 9.94. The second-order valence-electron chi connectivity index (χ2n) is 9.99. The lowest BCUT2D eigenvalue weighted by molar-refractivity contribution is -0.666. The van der Waals surface area contributed by atoms with E-state index in [9.17, 15) is 0 Å². The number of benzene rings is 3. The first-order valence-electron chi connectivity index (χ1n) is 15.1. The number of pyridine rings is 1. The highest BCUT2D eigenvalue weighted by Crippen LogP contribution is 2.44. The van der Waals surface area contributed by atoms with Crippen LogP contribution in [-0.4, -0.2) is 0 Å². The van der Waals surface area contributed by atoms with Crippen molar-refractivity contribution in [3.8, 4) is 22.4 Å². The van der Waals surface area contributed by atoms with Gasteiger partial charge in [-0.1, -0.05) is 80.2 Å². The van der Waals surface area contributed by atoms with E-state index >= 15 is 0 Å². The summed E-state index contributed by atoms with van der Waals surface area (Å²) in [5.74, 6) is 0.713. The molecule has 1 aliphatic rings. The fraction of sp³-hybridized carbons (Fsp3) is 0.273. The van der Waals surface area contributed by atoms with Crippen LogP contribution in [0.5, 0.6) is 0 Å². The molecule has 3 aromatic carbocycles. The zero-order valence-corrected chi connectivity index (χ0v) is 20.9. The van der Waals surface area contributed by atoms with Gasteiger partial charge in [0, 0.05) is 35.4 Å². The lowest BCUT2D eigenvalue weighted by Crippen LogP contribution is -2.35. The molecule has 178 valence electrons. The summed E-state index contributed by atoms with van der Waals surface area (Å²) in [6.07, 6.45) is 6.21. The molecule has 0 saturated heterocycles. The van der Waals surface area contributed by atoms with Crippen molar-refractivity contribution in [2.75, 3.05) is 0 Å². The van der Waals surface area contributed by atoms with Crippen molar-refractivity contribution in [1.82, 2.24) is 0 Å². The minimum absolute atomic E-state index is 0.0233. The van der Waals surface area contributed by atoms with Gasteiger partial charge in [0.25, 0.3) is 0 Å². The van der Waals surface area contributed by atoms with Crippen LogP contribution in [0.25, 0.3) is 49.2 Å². The number of furan rings is 1. The summed E-state index contributed by atoms with van der Waals surface area (Å²) < 4.78 is 50.5. The van der Waals surface area contributed by atoms with Crippen LogP contribution in [-0.2, 0) is 13.5 Å². The summed E-state index contributed by atoms with van der Waals surface area (Å²) in [5.41, 5.74) is 6.87. The van der Waals surface area contributed by atoms with Gasteiger partial charge in [-0.2, -0.15) is 4.57 Å². The van der Waals surface area contributed by atoms with E-state index < -0.39 is 18.1 Å². The first kappa shape index (κ1) is 17.5. The van der Waals surface area contributed by atoms with Crippen molar-refractivity contribution in [3.63, 3.8) is 0 Å². The molecule has 2 heterocycles. The van der Waals surface area contributed by atoms with Crippen molar-refractivity contribution >= 4 is 27.6 Å². The summed E-state index contributed by atoms with van der Waals surface area (Å²) in [6, 6.07) is 10.0. The van der Waals surface area contributed by atoms with Crippen molar-refractivity contribution in [1.29, 1.82) is 0 Å². The average molecular weight is 477 g/mol. The molecule has 0 unspecified atom stereocenters. The van der Waals surface area contributed by atoms with E-state index in [1.165, 1.54) is 31.2 Å². The van der Waals surface area contributed by atoms with Crippen molar-refractivity contribution in [2.24, 2.45) is 13.0 Å². The molecule has 1 aliphatic carbocycles. The van der Waals surface area contributed by atoms with Crippen LogP contribution in [0.4, 0.5) is 5.69 Å². The smallest absolute Gasteiger partial charge is 0.216 e. The minimum atomic E-state index is -0.469. The Balaban J connectivity index is 1.66. The summed E-state index contributed by atoms with van der Waals surface area (Å²) in [7, 11) is 2.06. The average Bonchev–Trinajstić information content (AvgIpc) is 3.60. The molecule has 3 nitrogen and oxygen atoms in total. The van der Waals surface area contributed by atoms with Gasteiger partial charge in [0.1, 0.15) is 18.2 Å². The van der Waals surface area contributed by atoms with Gasteiger partial charge in [0.15, 0.2) is 11.4 Å². The number of aryl methyl sites for hydroxylation is 2. The summed E-state index contributed by atoms with van der Waals surface area (Å²) in [5, 5.41) is 1.58. The second kappa shape index (κ2) is 8.95. The normalized spacial score (nSPS) is 16.0. The number of nitrogens with zero attached hydrogens (tertiary/aromatic N) is 2. The Kier molecular flexibility index (Phi) is 4.36. The van der Waals surface area contributed by atoms with Crippen molar-refractivity contribution < 1.29 is 15.8 Å². The minimum Gasteiger partial charge on any atom is -0.456 e. The van der Waals surface area contributed by atoms with Crippen LogP contribution in [0.1, 0.15) is 49.4 Å². The molecule has 36 heavy (non-hydrogen) atoms. The van der Waals surface area contributed by atoms with Gasteiger partial charge in [-0.3, -0.25) is 0 Å². The Labute approximate surface area is 219 Å². The van der Waals surface area contributed by atoms with Gasteiger partial charge in [0.2, 0.25) is 5.69 Å². The summed E-state index contributed by atoms with van der Waals surface area (Å²) in [6.45, 7) is 12.0. The molecule has 0 bridgehead atoms. The molecular formula is C33H31N2O+. The highest BCUT2D eigenvalue weighted by atomic mass is 16.3. The van der Waals surface area contributed by atoms with Gasteiger partial charge in [0.05, 0.1) is 19.0 Å². The third-order valence-electron chi connectivity index (χ3n) is 7.73. The molecule has 0 amide bonds.